The van der Waals surface area contributed by atoms with Crippen molar-refractivity contribution in [2.24, 2.45) is 0 Å². The normalized spacial score (nSPS) is 13.8. The lowest BCUT2D eigenvalue weighted by atomic mass is 10.1. The number of rotatable bonds is 4. The summed E-state index contributed by atoms with van der Waals surface area (Å²) in [5.41, 5.74) is 3.80. The van der Waals surface area contributed by atoms with Gasteiger partial charge in [-0.15, -0.1) is 0 Å². The van der Waals surface area contributed by atoms with Crippen molar-refractivity contribution in [3.05, 3.63) is 89.5 Å². The second kappa shape index (κ2) is 9.02. The van der Waals surface area contributed by atoms with Crippen LogP contribution in [0.5, 0.6) is 5.75 Å². The Bertz CT molecular complexity index is 1100. The molecule has 0 aliphatic carbocycles. The highest BCUT2D eigenvalue weighted by atomic mass is 16.5. The highest BCUT2D eigenvalue weighted by molar-refractivity contribution is 6.07. The van der Waals surface area contributed by atoms with Crippen molar-refractivity contribution in [3.8, 4) is 5.75 Å². The standard InChI is InChI=1S/C25H25N3O3/c1-27-14-15-28(23-9-4-3-6-20(23)17-27)25(30)18-10-12-21(13-11-18)26-24(29)19-7-5-8-22(16-19)31-2/h3-13,16H,14-15,17H2,1-2H3,(H,26,29). The minimum atomic E-state index is -0.234. The number of anilines is 2. The number of carbonyl (C=O) groups excluding carboxylic acids is 2. The summed E-state index contributed by atoms with van der Waals surface area (Å²) in [4.78, 5) is 29.8. The molecule has 6 heteroatoms. The number of fused-ring (bicyclic) bond motifs is 1. The average molecular weight is 415 g/mol. The monoisotopic (exact) mass is 415 g/mol. The van der Waals surface area contributed by atoms with Crippen LogP contribution in [0.25, 0.3) is 0 Å². The summed E-state index contributed by atoms with van der Waals surface area (Å²) in [6, 6.07) is 22.0. The molecule has 0 unspecified atom stereocenters. The van der Waals surface area contributed by atoms with E-state index in [2.05, 4.69) is 23.3 Å². The SMILES string of the molecule is COc1cccc(C(=O)Nc2ccc(C(=O)N3CCN(C)Cc4ccccc43)cc2)c1. The molecule has 0 saturated heterocycles. The third kappa shape index (κ3) is 4.59. The van der Waals surface area contributed by atoms with Crippen molar-refractivity contribution in [2.75, 3.05) is 37.5 Å². The first-order valence-corrected chi connectivity index (χ1v) is 10.2. The smallest absolute Gasteiger partial charge is 0.258 e. The zero-order valence-corrected chi connectivity index (χ0v) is 17.7. The fourth-order valence-corrected chi connectivity index (χ4v) is 3.70. The maximum absolute atomic E-state index is 13.3. The van der Waals surface area contributed by atoms with Crippen LogP contribution in [0.15, 0.2) is 72.8 Å². The van der Waals surface area contributed by atoms with Crippen LogP contribution in [0.2, 0.25) is 0 Å². The van der Waals surface area contributed by atoms with Gasteiger partial charge in [0.15, 0.2) is 0 Å². The van der Waals surface area contributed by atoms with Crippen molar-refractivity contribution in [1.82, 2.24) is 4.90 Å². The summed E-state index contributed by atoms with van der Waals surface area (Å²) in [5, 5.41) is 2.86. The molecule has 1 heterocycles. The zero-order valence-electron chi connectivity index (χ0n) is 17.7. The molecule has 1 aliphatic heterocycles. The molecule has 2 amide bonds. The molecule has 1 aliphatic rings. The van der Waals surface area contributed by atoms with Gasteiger partial charge in [-0.2, -0.15) is 0 Å². The molecule has 0 aromatic heterocycles. The van der Waals surface area contributed by atoms with E-state index in [0.29, 0.717) is 29.1 Å². The third-order valence-electron chi connectivity index (χ3n) is 5.39. The van der Waals surface area contributed by atoms with Gasteiger partial charge >= 0.3 is 0 Å². The molecule has 6 nitrogen and oxygen atoms in total. The lowest BCUT2D eigenvalue weighted by molar-refractivity contribution is 0.0984. The number of amides is 2. The van der Waals surface area contributed by atoms with Crippen LogP contribution in [0.1, 0.15) is 26.3 Å². The van der Waals surface area contributed by atoms with Gasteiger partial charge in [-0.1, -0.05) is 24.3 Å². The maximum atomic E-state index is 13.3. The lowest BCUT2D eigenvalue weighted by Crippen LogP contribution is -2.35. The number of hydrogen-bond donors (Lipinski definition) is 1. The van der Waals surface area contributed by atoms with Gasteiger partial charge in [0.1, 0.15) is 5.75 Å². The predicted molar refractivity (Wildman–Crippen MR) is 122 cm³/mol. The minimum Gasteiger partial charge on any atom is -0.497 e. The van der Waals surface area contributed by atoms with Crippen LogP contribution in [0.3, 0.4) is 0 Å². The second-order valence-corrected chi connectivity index (χ2v) is 7.59. The quantitative estimate of drug-likeness (QED) is 0.699. The van der Waals surface area contributed by atoms with E-state index in [9.17, 15) is 9.59 Å². The Kier molecular flexibility index (Phi) is 6.00. The predicted octanol–water partition coefficient (Wildman–Crippen LogP) is 4.04. The summed E-state index contributed by atoms with van der Waals surface area (Å²) < 4.78 is 5.17. The number of nitrogens with zero attached hydrogens (tertiary/aromatic N) is 2. The average Bonchev–Trinajstić information content (AvgIpc) is 2.97. The van der Waals surface area contributed by atoms with Crippen LogP contribution in [0, 0.1) is 0 Å². The van der Waals surface area contributed by atoms with Gasteiger partial charge in [-0.05, 0) is 61.1 Å². The van der Waals surface area contributed by atoms with E-state index in [1.165, 1.54) is 0 Å². The number of hydrogen-bond acceptors (Lipinski definition) is 4. The molecular formula is C25H25N3O3. The van der Waals surface area contributed by atoms with E-state index in [1.54, 1.807) is 55.6 Å². The molecule has 0 atom stereocenters. The third-order valence-corrected chi connectivity index (χ3v) is 5.39. The molecular weight excluding hydrogens is 390 g/mol. The molecule has 31 heavy (non-hydrogen) atoms. The molecule has 4 rings (SSSR count). The molecule has 158 valence electrons. The topological polar surface area (TPSA) is 61.9 Å². The fourth-order valence-electron chi connectivity index (χ4n) is 3.70. The Labute approximate surface area is 182 Å². The van der Waals surface area contributed by atoms with Crippen molar-refractivity contribution in [2.45, 2.75) is 6.54 Å². The van der Waals surface area contributed by atoms with Crippen LogP contribution < -0.4 is 15.0 Å². The van der Waals surface area contributed by atoms with E-state index in [-0.39, 0.29) is 11.8 Å². The number of carbonyl (C=O) groups is 2. The summed E-state index contributed by atoms with van der Waals surface area (Å²) >= 11 is 0. The highest BCUT2D eigenvalue weighted by Gasteiger charge is 2.23. The van der Waals surface area contributed by atoms with Crippen molar-refractivity contribution < 1.29 is 14.3 Å². The van der Waals surface area contributed by atoms with E-state index in [0.717, 1.165) is 24.3 Å². The van der Waals surface area contributed by atoms with Gasteiger partial charge in [-0.25, -0.2) is 0 Å². The fraction of sp³-hybridized carbons (Fsp3) is 0.200. The molecule has 3 aromatic rings. The van der Waals surface area contributed by atoms with Gasteiger partial charge in [-0.3, -0.25) is 9.59 Å². The number of ether oxygens (including phenoxy) is 1. The van der Waals surface area contributed by atoms with Crippen molar-refractivity contribution >= 4 is 23.2 Å². The number of nitrogens with one attached hydrogen (secondary N) is 1. The molecule has 3 aromatic carbocycles. The summed E-state index contributed by atoms with van der Waals surface area (Å²) in [6.07, 6.45) is 0. The number of benzene rings is 3. The summed E-state index contributed by atoms with van der Waals surface area (Å²) in [5.74, 6) is 0.341. The molecule has 0 fully saturated rings. The van der Waals surface area contributed by atoms with Gasteiger partial charge < -0.3 is 19.9 Å². The molecule has 1 N–H and O–H groups in total. The summed E-state index contributed by atoms with van der Waals surface area (Å²) in [6.45, 7) is 2.24. The molecule has 0 bridgehead atoms. The first-order chi connectivity index (χ1) is 15.0. The van der Waals surface area contributed by atoms with Crippen LogP contribution in [-0.2, 0) is 6.54 Å². The van der Waals surface area contributed by atoms with Gasteiger partial charge in [0.25, 0.3) is 11.8 Å². The van der Waals surface area contributed by atoms with Crippen LogP contribution >= 0.6 is 0 Å². The molecule has 0 radical (unpaired) electrons. The van der Waals surface area contributed by atoms with E-state index in [1.807, 2.05) is 23.1 Å². The first kappa shape index (κ1) is 20.6. The van der Waals surface area contributed by atoms with Crippen molar-refractivity contribution in [1.29, 1.82) is 0 Å². The number of likely N-dealkylation sites (N-methyl/N-ethyl adjacent to an activating group) is 1. The Balaban J connectivity index is 1.50. The largest absolute Gasteiger partial charge is 0.497 e. The van der Waals surface area contributed by atoms with E-state index >= 15 is 0 Å². The van der Waals surface area contributed by atoms with Gasteiger partial charge in [0.2, 0.25) is 0 Å². The summed E-state index contributed by atoms with van der Waals surface area (Å²) in [7, 11) is 3.62. The second-order valence-electron chi connectivity index (χ2n) is 7.59. The molecule has 0 spiro atoms. The van der Waals surface area contributed by atoms with Gasteiger partial charge in [0.05, 0.1) is 7.11 Å². The Hall–Kier alpha value is -3.64. The van der Waals surface area contributed by atoms with Gasteiger partial charge in [0, 0.05) is 42.1 Å². The Morgan fingerprint density at radius 3 is 2.45 bits per heavy atom. The van der Waals surface area contributed by atoms with Crippen LogP contribution in [-0.4, -0.2) is 44.0 Å². The first-order valence-electron chi connectivity index (χ1n) is 10.2. The Morgan fingerprint density at radius 2 is 1.68 bits per heavy atom. The Morgan fingerprint density at radius 1 is 0.903 bits per heavy atom. The number of methoxy groups -OCH3 is 1. The lowest BCUT2D eigenvalue weighted by Gasteiger charge is -2.23. The zero-order chi connectivity index (χ0) is 21.8. The minimum absolute atomic E-state index is 0.0478. The van der Waals surface area contributed by atoms with E-state index in [4.69, 9.17) is 4.74 Å². The van der Waals surface area contributed by atoms with E-state index < -0.39 is 0 Å². The van der Waals surface area contributed by atoms with Crippen molar-refractivity contribution in [3.63, 3.8) is 0 Å². The highest BCUT2D eigenvalue weighted by Crippen LogP contribution is 2.26. The number of para-hydroxylation sites is 1. The van der Waals surface area contributed by atoms with Crippen LogP contribution in [0.4, 0.5) is 11.4 Å². The molecule has 0 saturated carbocycles. The maximum Gasteiger partial charge on any atom is 0.258 e.